The number of ether oxygens (including phenoxy) is 2. The van der Waals surface area contributed by atoms with Gasteiger partial charge in [-0.3, -0.25) is 4.79 Å². The van der Waals surface area contributed by atoms with Crippen LogP contribution < -0.4 is 15.0 Å². The maximum Gasteiger partial charge on any atom is 0.282 e. The van der Waals surface area contributed by atoms with E-state index >= 15 is 0 Å². The third kappa shape index (κ3) is 4.48. The zero-order valence-corrected chi connectivity index (χ0v) is 16.4. The molecule has 3 aromatic rings. The molecule has 0 aliphatic heterocycles. The minimum atomic E-state index is -0.483. The molecule has 0 spiro atoms. The summed E-state index contributed by atoms with van der Waals surface area (Å²) in [6, 6.07) is 11.6. The highest BCUT2D eigenvalue weighted by atomic mass is 32.1. The number of hydrogen-bond acceptors (Lipinski definition) is 6. The first-order chi connectivity index (χ1) is 13.6. The lowest BCUT2D eigenvalue weighted by Crippen LogP contribution is -2.15. The third-order valence-electron chi connectivity index (χ3n) is 4.03. The van der Waals surface area contributed by atoms with Gasteiger partial charge in [0, 0.05) is 4.88 Å². The lowest BCUT2D eigenvalue weighted by molar-refractivity contribution is 0.271. The molecular weight excluding hydrogens is 374 g/mol. The molecular formula is C21H19N3O3S. The molecule has 0 aliphatic rings. The Morgan fingerprint density at radius 1 is 1.25 bits per heavy atom. The Morgan fingerprint density at radius 3 is 2.82 bits per heavy atom. The average Bonchev–Trinajstić information content (AvgIpc) is 3.21. The van der Waals surface area contributed by atoms with Gasteiger partial charge in [0.1, 0.15) is 18.2 Å². The van der Waals surface area contributed by atoms with Crippen molar-refractivity contribution in [3.05, 3.63) is 73.3 Å². The molecule has 7 heteroatoms. The summed E-state index contributed by atoms with van der Waals surface area (Å²) in [5, 5.41) is 17.5. The van der Waals surface area contributed by atoms with Crippen molar-refractivity contribution >= 4 is 23.5 Å². The number of nitriles is 1. The van der Waals surface area contributed by atoms with Crippen LogP contribution in [0.2, 0.25) is 0 Å². The first kappa shape index (κ1) is 19.4. The molecule has 0 fully saturated rings. The Kier molecular flexibility index (Phi) is 6.25. The van der Waals surface area contributed by atoms with Gasteiger partial charge >= 0.3 is 0 Å². The summed E-state index contributed by atoms with van der Waals surface area (Å²) in [5.41, 5.74) is 1.55. The summed E-state index contributed by atoms with van der Waals surface area (Å²) >= 11 is 1.64. The summed E-state index contributed by atoms with van der Waals surface area (Å²) in [5.74, 6) is 1.34. The summed E-state index contributed by atoms with van der Waals surface area (Å²) < 4.78 is 11.6. The maximum atomic E-state index is 11.6. The molecule has 3 rings (SSSR count). The maximum absolute atomic E-state index is 11.6. The van der Waals surface area contributed by atoms with Crippen molar-refractivity contribution in [1.29, 1.82) is 5.26 Å². The van der Waals surface area contributed by atoms with Crippen molar-refractivity contribution in [3.63, 3.8) is 0 Å². The van der Waals surface area contributed by atoms with Crippen LogP contribution in [-0.2, 0) is 6.61 Å². The molecule has 6 nitrogen and oxygen atoms in total. The van der Waals surface area contributed by atoms with E-state index in [4.69, 9.17) is 14.7 Å². The fourth-order valence-corrected chi connectivity index (χ4v) is 3.20. The van der Waals surface area contributed by atoms with E-state index in [9.17, 15) is 4.79 Å². The van der Waals surface area contributed by atoms with Gasteiger partial charge in [-0.1, -0.05) is 18.2 Å². The number of nitrogens with zero attached hydrogens (tertiary/aromatic N) is 2. The van der Waals surface area contributed by atoms with Crippen molar-refractivity contribution in [3.8, 4) is 17.6 Å². The molecule has 0 unspecified atom stereocenters. The second-order valence-electron chi connectivity index (χ2n) is 5.89. The van der Waals surface area contributed by atoms with E-state index in [0.29, 0.717) is 36.0 Å². The number of hydrogen-bond donors (Lipinski definition) is 1. The fourth-order valence-electron chi connectivity index (χ4n) is 2.58. The number of aromatic nitrogens is 2. The Balaban J connectivity index is 1.83. The van der Waals surface area contributed by atoms with Gasteiger partial charge in [0.25, 0.3) is 5.56 Å². The molecule has 2 aromatic heterocycles. The van der Waals surface area contributed by atoms with Crippen LogP contribution in [0.4, 0.5) is 0 Å². The molecule has 1 N–H and O–H groups in total. The molecule has 142 valence electrons. The molecule has 0 saturated heterocycles. The predicted octanol–water partition coefficient (Wildman–Crippen LogP) is 4.16. The minimum Gasteiger partial charge on any atom is -0.490 e. The van der Waals surface area contributed by atoms with Crippen LogP contribution in [0.5, 0.6) is 11.5 Å². The summed E-state index contributed by atoms with van der Waals surface area (Å²) in [7, 11) is 0. The molecule has 2 heterocycles. The lowest BCUT2D eigenvalue weighted by Gasteiger charge is -2.12. The number of nitrogens with one attached hydrogen (secondary N) is 1. The number of benzene rings is 1. The smallest absolute Gasteiger partial charge is 0.282 e. The van der Waals surface area contributed by atoms with Crippen LogP contribution in [-0.4, -0.2) is 16.8 Å². The number of thiophene rings is 1. The minimum absolute atomic E-state index is 0.0713. The first-order valence-electron chi connectivity index (χ1n) is 8.72. The van der Waals surface area contributed by atoms with E-state index in [-0.39, 0.29) is 5.56 Å². The predicted molar refractivity (Wildman–Crippen MR) is 109 cm³/mol. The summed E-state index contributed by atoms with van der Waals surface area (Å²) in [6.07, 6.45) is 3.60. The van der Waals surface area contributed by atoms with Gasteiger partial charge < -0.3 is 9.47 Å². The number of rotatable bonds is 7. The van der Waals surface area contributed by atoms with Gasteiger partial charge in [-0.2, -0.15) is 10.4 Å². The lowest BCUT2D eigenvalue weighted by atomic mass is 10.1. The summed E-state index contributed by atoms with van der Waals surface area (Å²) in [6.45, 7) is 4.63. The highest BCUT2D eigenvalue weighted by Crippen LogP contribution is 2.30. The first-order valence-corrected chi connectivity index (χ1v) is 9.59. The van der Waals surface area contributed by atoms with E-state index in [1.54, 1.807) is 24.3 Å². The fraction of sp³-hybridized carbons (Fsp3) is 0.190. The Labute approximate surface area is 166 Å². The van der Waals surface area contributed by atoms with E-state index < -0.39 is 5.56 Å². The highest BCUT2D eigenvalue weighted by Gasteiger charge is 2.09. The normalized spacial score (nSPS) is 10.8. The molecule has 0 saturated carbocycles. The van der Waals surface area contributed by atoms with Crippen molar-refractivity contribution in [1.82, 2.24) is 10.2 Å². The second-order valence-corrected chi connectivity index (χ2v) is 6.92. The van der Waals surface area contributed by atoms with Crippen LogP contribution in [0.1, 0.15) is 34.2 Å². The van der Waals surface area contributed by atoms with E-state index in [1.807, 2.05) is 54.8 Å². The average molecular weight is 393 g/mol. The van der Waals surface area contributed by atoms with Crippen molar-refractivity contribution in [2.24, 2.45) is 0 Å². The van der Waals surface area contributed by atoms with E-state index in [1.165, 1.54) is 0 Å². The van der Waals surface area contributed by atoms with Gasteiger partial charge in [0.2, 0.25) is 0 Å². The monoisotopic (exact) mass is 393 g/mol. The molecule has 0 radical (unpaired) electrons. The van der Waals surface area contributed by atoms with Gasteiger partial charge in [-0.15, -0.1) is 11.3 Å². The standard InChI is InChI=1S/C21H19N3O3S/c1-3-26-20-11-15(7-9-19(20)27-13-16-5-4-10-28-16)6-8-18-14(2)17(12-22)21(25)24-23-18/h4-11H,3,13H2,1-2H3,(H,24,25)/b8-6+. The van der Waals surface area contributed by atoms with Crippen LogP contribution >= 0.6 is 11.3 Å². The SMILES string of the molecule is CCOc1cc(/C=C/c2n[nH]c(=O)c(C#N)c2C)ccc1OCc1cccs1. The van der Waals surface area contributed by atoms with Crippen molar-refractivity contribution in [2.45, 2.75) is 20.5 Å². The van der Waals surface area contributed by atoms with Gasteiger partial charge in [-0.25, -0.2) is 5.10 Å². The third-order valence-corrected chi connectivity index (χ3v) is 4.88. The largest absolute Gasteiger partial charge is 0.490 e. The van der Waals surface area contributed by atoms with Gasteiger partial charge in [0.15, 0.2) is 11.5 Å². The Hall–Kier alpha value is -3.37. The zero-order valence-electron chi connectivity index (χ0n) is 15.6. The van der Waals surface area contributed by atoms with Crippen LogP contribution in [0.3, 0.4) is 0 Å². The molecule has 0 amide bonds. The molecule has 0 atom stereocenters. The van der Waals surface area contributed by atoms with Crippen molar-refractivity contribution < 1.29 is 9.47 Å². The molecule has 1 aromatic carbocycles. The molecule has 0 aliphatic carbocycles. The van der Waals surface area contributed by atoms with Crippen LogP contribution in [0, 0.1) is 18.3 Å². The Bertz CT molecular complexity index is 1080. The van der Waals surface area contributed by atoms with E-state index in [2.05, 4.69) is 10.2 Å². The van der Waals surface area contributed by atoms with Crippen molar-refractivity contribution in [2.75, 3.05) is 6.61 Å². The van der Waals surface area contributed by atoms with Crippen LogP contribution in [0.15, 0.2) is 40.5 Å². The highest BCUT2D eigenvalue weighted by molar-refractivity contribution is 7.09. The van der Waals surface area contributed by atoms with Gasteiger partial charge in [0.05, 0.1) is 12.3 Å². The summed E-state index contributed by atoms with van der Waals surface area (Å²) in [4.78, 5) is 12.7. The molecule has 0 bridgehead atoms. The van der Waals surface area contributed by atoms with E-state index in [0.717, 1.165) is 10.4 Å². The number of aromatic amines is 1. The second kappa shape index (κ2) is 9.02. The zero-order chi connectivity index (χ0) is 19.9. The Morgan fingerprint density at radius 2 is 2.11 bits per heavy atom. The quantitative estimate of drug-likeness (QED) is 0.651. The topological polar surface area (TPSA) is 88.0 Å². The number of H-pyrrole nitrogens is 1. The molecule has 28 heavy (non-hydrogen) atoms. The van der Waals surface area contributed by atoms with Crippen LogP contribution in [0.25, 0.3) is 12.2 Å². The van der Waals surface area contributed by atoms with Gasteiger partial charge in [-0.05, 0) is 54.6 Å².